The smallest absolute Gasteiger partial charge is 0.303 e. The predicted molar refractivity (Wildman–Crippen MR) is 367 cm³/mol. The van der Waals surface area contributed by atoms with Gasteiger partial charge in [-0.3, -0.25) is 24.0 Å². The van der Waals surface area contributed by atoms with Crippen molar-refractivity contribution in [3.8, 4) is 0 Å². The van der Waals surface area contributed by atoms with E-state index in [2.05, 4.69) is 34.6 Å². The Balaban J connectivity index is -0.000000332. The van der Waals surface area contributed by atoms with Gasteiger partial charge >= 0.3 is 29.8 Å². The van der Waals surface area contributed by atoms with Crippen molar-refractivity contribution in [1.29, 1.82) is 0 Å². The van der Waals surface area contributed by atoms with Gasteiger partial charge in [0.05, 0.1) is 0 Å². The van der Waals surface area contributed by atoms with Gasteiger partial charge in [0.1, 0.15) is 0 Å². The van der Waals surface area contributed by atoms with Crippen LogP contribution in [0.1, 0.15) is 452 Å². The first-order valence-corrected chi connectivity index (χ1v) is 37.4. The minimum absolute atomic E-state index is 0.339. The Bertz CT molecular complexity index is 1250. The number of aliphatic carboxylic acids is 5. The van der Waals surface area contributed by atoms with Gasteiger partial charge in [0.25, 0.3) is 0 Å². The molecule has 0 spiro atoms. The highest BCUT2D eigenvalue weighted by Crippen LogP contribution is 2.18. The number of carboxylic acids is 5. The maximum absolute atomic E-state index is 10.4. The lowest BCUT2D eigenvalue weighted by molar-refractivity contribution is -0.138. The molecule has 0 atom stereocenters. The molecule has 0 saturated heterocycles. The van der Waals surface area contributed by atoms with E-state index in [4.69, 9.17) is 25.5 Å². The highest BCUT2D eigenvalue weighted by atomic mass is 16.4. The summed E-state index contributed by atoms with van der Waals surface area (Å²) in [4.78, 5) is 51.1. The first kappa shape index (κ1) is 91.1. The third-order valence-corrected chi connectivity index (χ3v) is 16.2. The fourth-order valence-corrected chi connectivity index (χ4v) is 10.6. The van der Waals surface area contributed by atoms with Crippen LogP contribution in [0.3, 0.4) is 0 Å². The van der Waals surface area contributed by atoms with Crippen molar-refractivity contribution in [3.63, 3.8) is 0 Å². The molecular formula is C75H150O10. The van der Waals surface area contributed by atoms with E-state index in [1.165, 1.54) is 321 Å². The van der Waals surface area contributed by atoms with Crippen molar-refractivity contribution in [1.82, 2.24) is 0 Å². The minimum Gasteiger partial charge on any atom is -0.481 e. The minimum atomic E-state index is -0.666. The molecule has 0 saturated carbocycles. The quantitative estimate of drug-likeness (QED) is 0.0367. The molecule has 10 heteroatoms. The van der Waals surface area contributed by atoms with Gasteiger partial charge in [0.2, 0.25) is 0 Å². The summed E-state index contributed by atoms with van der Waals surface area (Å²) in [5.74, 6) is -3.30. The third kappa shape index (κ3) is 113. The molecule has 0 aromatic rings. The zero-order valence-corrected chi connectivity index (χ0v) is 57.7. The van der Waals surface area contributed by atoms with E-state index in [0.717, 1.165) is 64.2 Å². The Labute approximate surface area is 529 Å². The molecule has 0 aliphatic carbocycles. The first-order chi connectivity index (χ1) is 41.4. The van der Waals surface area contributed by atoms with Crippen LogP contribution < -0.4 is 0 Å². The molecule has 0 aliphatic rings. The Morgan fingerprint density at radius 3 is 0.282 bits per heavy atom. The number of rotatable bonds is 65. The highest BCUT2D eigenvalue weighted by Gasteiger charge is 2.02. The van der Waals surface area contributed by atoms with Crippen molar-refractivity contribution in [2.24, 2.45) is 0 Å². The summed E-state index contributed by atoms with van der Waals surface area (Å²) in [5, 5.41) is 42.1. The lowest BCUT2D eigenvalue weighted by Gasteiger charge is -2.04. The van der Waals surface area contributed by atoms with Crippen LogP contribution in [0.5, 0.6) is 0 Å². The van der Waals surface area contributed by atoms with Crippen molar-refractivity contribution < 1.29 is 49.5 Å². The van der Waals surface area contributed by atoms with Crippen molar-refractivity contribution >= 4 is 29.8 Å². The standard InChI is InChI=1S/C24H48O2.C23H46O2.C10H20O2.2C9H18O2/c1-2-3-4-5-6-7-8-9-10-11-12-13-14-15-16-17-18-19-20-21-22-23-24(25)26;1-2-3-4-5-6-7-8-9-10-11-12-13-14-15-16-17-18-19-20-21-22-23(24)25;1-2-3-4-5-6-7-8-9-10(11)12;2*1-2-3-4-5-6-7-8-9(10)11/h2-23H2,1H3,(H,25,26);2-22H2,1H3,(H,24,25);2-9H2,1H3,(H,11,12);2*2-8H2,1H3,(H,10,11). The molecule has 510 valence electrons. The zero-order valence-electron chi connectivity index (χ0n) is 57.7. The number of unbranched alkanes of at least 4 members (excludes halogenated alkanes) is 55. The summed E-state index contributed by atoms with van der Waals surface area (Å²) in [5.41, 5.74) is 0. The van der Waals surface area contributed by atoms with Gasteiger partial charge in [0.15, 0.2) is 0 Å². The molecule has 0 amide bonds. The van der Waals surface area contributed by atoms with Crippen LogP contribution >= 0.6 is 0 Å². The van der Waals surface area contributed by atoms with E-state index >= 15 is 0 Å². The maximum atomic E-state index is 10.4. The summed E-state index contributed by atoms with van der Waals surface area (Å²) >= 11 is 0. The summed E-state index contributed by atoms with van der Waals surface area (Å²) in [6.45, 7) is 11.1. The predicted octanol–water partition coefficient (Wildman–Crippen LogP) is 25.8. The second-order valence-corrected chi connectivity index (χ2v) is 25.2. The Kier molecular flexibility index (Phi) is 94.1. The van der Waals surface area contributed by atoms with Crippen LogP contribution in [0.4, 0.5) is 0 Å². The molecule has 0 bridgehead atoms. The molecule has 0 heterocycles. The number of carboxylic acid groups (broad SMARTS) is 5. The average molecular weight is 1210 g/mol. The lowest BCUT2D eigenvalue weighted by Crippen LogP contribution is -1.93. The first-order valence-electron chi connectivity index (χ1n) is 37.4. The van der Waals surface area contributed by atoms with Gasteiger partial charge in [-0.2, -0.15) is 0 Å². The van der Waals surface area contributed by atoms with Gasteiger partial charge in [-0.15, -0.1) is 0 Å². The van der Waals surface area contributed by atoms with E-state index in [0.29, 0.717) is 32.1 Å². The topological polar surface area (TPSA) is 186 Å². The third-order valence-electron chi connectivity index (χ3n) is 16.2. The second-order valence-electron chi connectivity index (χ2n) is 25.2. The van der Waals surface area contributed by atoms with Crippen LogP contribution in [0.15, 0.2) is 0 Å². The average Bonchev–Trinajstić information content (AvgIpc) is 3.47. The van der Waals surface area contributed by atoms with Crippen LogP contribution in [0.2, 0.25) is 0 Å². The normalized spacial score (nSPS) is 10.6. The molecule has 0 rings (SSSR count). The van der Waals surface area contributed by atoms with Gasteiger partial charge in [-0.1, -0.05) is 388 Å². The number of hydrogen-bond donors (Lipinski definition) is 5. The highest BCUT2D eigenvalue weighted by molar-refractivity contribution is 5.67. The largest absolute Gasteiger partial charge is 0.481 e. The molecule has 0 aromatic carbocycles. The van der Waals surface area contributed by atoms with Crippen LogP contribution in [0, 0.1) is 0 Å². The van der Waals surface area contributed by atoms with Crippen LogP contribution in [-0.4, -0.2) is 55.4 Å². The molecule has 0 fully saturated rings. The molecule has 10 nitrogen and oxygen atoms in total. The Hall–Kier alpha value is -2.65. The molecular weight excluding hydrogens is 1060 g/mol. The number of hydrogen-bond acceptors (Lipinski definition) is 5. The van der Waals surface area contributed by atoms with E-state index < -0.39 is 29.8 Å². The number of carbonyl (C=O) groups is 5. The molecule has 5 N–H and O–H groups in total. The Morgan fingerprint density at radius 2 is 0.212 bits per heavy atom. The summed E-state index contributed by atoms with van der Waals surface area (Å²) < 4.78 is 0. The van der Waals surface area contributed by atoms with Crippen molar-refractivity contribution in [2.45, 2.75) is 452 Å². The van der Waals surface area contributed by atoms with E-state index in [1.54, 1.807) is 0 Å². The summed E-state index contributed by atoms with van der Waals surface area (Å²) in [6.07, 6.45) is 79.8. The summed E-state index contributed by atoms with van der Waals surface area (Å²) in [7, 11) is 0. The van der Waals surface area contributed by atoms with E-state index in [1.807, 2.05) is 0 Å². The fourth-order valence-electron chi connectivity index (χ4n) is 10.6. The molecule has 85 heavy (non-hydrogen) atoms. The lowest BCUT2D eigenvalue weighted by atomic mass is 10.0. The molecule has 0 unspecified atom stereocenters. The molecule has 0 aromatic heterocycles. The Morgan fingerprint density at radius 1 is 0.141 bits per heavy atom. The van der Waals surface area contributed by atoms with Crippen LogP contribution in [0.25, 0.3) is 0 Å². The van der Waals surface area contributed by atoms with E-state index in [-0.39, 0.29) is 0 Å². The molecule has 0 aliphatic heterocycles. The SMILES string of the molecule is CCCCCCCCC(=O)O.CCCCCCCCC(=O)O.CCCCCCCCCC(=O)O.CCCCCCCCCCCCCCCCCCCCCCC(=O)O.CCCCCCCCCCCCCCCCCCCCCCCC(=O)O. The fraction of sp³-hybridized carbons (Fsp3) is 0.933. The second kappa shape index (κ2) is 87.8. The van der Waals surface area contributed by atoms with Gasteiger partial charge in [-0.25, -0.2) is 0 Å². The van der Waals surface area contributed by atoms with Gasteiger partial charge < -0.3 is 25.5 Å². The van der Waals surface area contributed by atoms with Gasteiger partial charge in [0, 0.05) is 32.1 Å². The van der Waals surface area contributed by atoms with Crippen LogP contribution in [-0.2, 0) is 24.0 Å². The van der Waals surface area contributed by atoms with Gasteiger partial charge in [-0.05, 0) is 32.1 Å². The molecule has 0 radical (unpaired) electrons. The van der Waals surface area contributed by atoms with Crippen molar-refractivity contribution in [3.05, 3.63) is 0 Å². The monoisotopic (exact) mass is 1210 g/mol. The summed E-state index contributed by atoms with van der Waals surface area (Å²) in [6, 6.07) is 0. The van der Waals surface area contributed by atoms with E-state index in [9.17, 15) is 24.0 Å². The zero-order chi connectivity index (χ0) is 63.8. The van der Waals surface area contributed by atoms with Crippen molar-refractivity contribution in [2.75, 3.05) is 0 Å². The maximum Gasteiger partial charge on any atom is 0.303 e.